The summed E-state index contributed by atoms with van der Waals surface area (Å²) in [5, 5.41) is 5.52. The van der Waals surface area contributed by atoms with Crippen LogP contribution in [-0.2, 0) is 9.59 Å². The van der Waals surface area contributed by atoms with Gasteiger partial charge < -0.3 is 20.1 Å². The SMILES string of the molecule is C=CCOc1ccc(/C=C/C(=O)NCCNC(=O)C2CC2)cc1OC. The van der Waals surface area contributed by atoms with Gasteiger partial charge in [-0.15, -0.1) is 0 Å². The molecule has 1 aliphatic carbocycles. The molecule has 0 bridgehead atoms. The fourth-order valence-corrected chi connectivity index (χ4v) is 2.15. The Hall–Kier alpha value is -2.76. The van der Waals surface area contributed by atoms with E-state index in [1.54, 1.807) is 31.4 Å². The normalized spacial score (nSPS) is 13.3. The van der Waals surface area contributed by atoms with Crippen LogP contribution in [0.15, 0.2) is 36.9 Å². The molecule has 6 heteroatoms. The Bertz CT molecular complexity index is 651. The van der Waals surface area contributed by atoms with E-state index in [1.165, 1.54) is 6.08 Å². The summed E-state index contributed by atoms with van der Waals surface area (Å²) in [5.41, 5.74) is 0.819. The van der Waals surface area contributed by atoms with Crippen LogP contribution in [0.1, 0.15) is 18.4 Å². The molecule has 2 N–H and O–H groups in total. The monoisotopic (exact) mass is 344 g/mol. The first-order chi connectivity index (χ1) is 12.1. The van der Waals surface area contributed by atoms with Crippen LogP contribution in [0.2, 0.25) is 0 Å². The number of benzene rings is 1. The highest BCUT2D eigenvalue weighted by atomic mass is 16.5. The van der Waals surface area contributed by atoms with E-state index in [2.05, 4.69) is 17.2 Å². The number of rotatable bonds is 10. The highest BCUT2D eigenvalue weighted by molar-refractivity contribution is 5.91. The minimum absolute atomic E-state index is 0.0793. The molecule has 1 saturated carbocycles. The highest BCUT2D eigenvalue weighted by Crippen LogP contribution is 2.29. The number of amides is 2. The molecular formula is C19H24N2O4. The fraction of sp³-hybridized carbons (Fsp3) is 0.368. The molecule has 0 radical (unpaired) electrons. The van der Waals surface area contributed by atoms with Gasteiger partial charge in [-0.2, -0.15) is 0 Å². The molecule has 0 saturated heterocycles. The van der Waals surface area contributed by atoms with Crippen LogP contribution in [0.4, 0.5) is 0 Å². The van der Waals surface area contributed by atoms with Crippen LogP contribution in [0.5, 0.6) is 11.5 Å². The number of carbonyl (C=O) groups excluding carboxylic acids is 2. The predicted molar refractivity (Wildman–Crippen MR) is 96.5 cm³/mol. The maximum atomic E-state index is 11.8. The molecule has 0 atom stereocenters. The summed E-state index contributed by atoms with van der Waals surface area (Å²) < 4.78 is 10.8. The van der Waals surface area contributed by atoms with Crippen molar-refractivity contribution >= 4 is 17.9 Å². The van der Waals surface area contributed by atoms with Gasteiger partial charge in [0.15, 0.2) is 11.5 Å². The standard InChI is InChI=1S/C19H24N2O4/c1-3-12-25-16-8-4-14(13-17(16)24-2)5-9-18(22)20-10-11-21-19(23)15-6-7-15/h3-5,8-9,13,15H,1,6-7,10-12H2,2H3,(H,20,22)(H,21,23)/b9-5+. The van der Waals surface area contributed by atoms with Gasteiger partial charge in [0.1, 0.15) is 6.61 Å². The Kier molecular flexibility index (Phi) is 7.07. The van der Waals surface area contributed by atoms with E-state index in [4.69, 9.17) is 9.47 Å². The van der Waals surface area contributed by atoms with Gasteiger partial charge in [0, 0.05) is 25.1 Å². The molecule has 6 nitrogen and oxygen atoms in total. The summed E-state index contributed by atoms with van der Waals surface area (Å²) in [4.78, 5) is 23.2. The number of hydrogen-bond acceptors (Lipinski definition) is 4. The zero-order valence-electron chi connectivity index (χ0n) is 14.4. The highest BCUT2D eigenvalue weighted by Gasteiger charge is 2.28. The van der Waals surface area contributed by atoms with Crippen LogP contribution in [-0.4, -0.2) is 38.6 Å². The van der Waals surface area contributed by atoms with E-state index in [0.717, 1.165) is 18.4 Å². The van der Waals surface area contributed by atoms with Crippen molar-refractivity contribution in [2.24, 2.45) is 5.92 Å². The van der Waals surface area contributed by atoms with Crippen molar-refractivity contribution < 1.29 is 19.1 Å². The number of hydrogen-bond donors (Lipinski definition) is 2. The van der Waals surface area contributed by atoms with Crippen molar-refractivity contribution in [2.75, 3.05) is 26.8 Å². The maximum Gasteiger partial charge on any atom is 0.244 e. The number of nitrogens with one attached hydrogen (secondary N) is 2. The van der Waals surface area contributed by atoms with Crippen LogP contribution >= 0.6 is 0 Å². The van der Waals surface area contributed by atoms with Gasteiger partial charge in [-0.3, -0.25) is 9.59 Å². The Morgan fingerprint density at radius 1 is 1.24 bits per heavy atom. The van der Waals surface area contributed by atoms with Gasteiger partial charge in [-0.25, -0.2) is 0 Å². The molecule has 25 heavy (non-hydrogen) atoms. The van der Waals surface area contributed by atoms with Gasteiger partial charge in [-0.1, -0.05) is 18.7 Å². The van der Waals surface area contributed by atoms with Gasteiger partial charge >= 0.3 is 0 Å². The topological polar surface area (TPSA) is 76.7 Å². The minimum Gasteiger partial charge on any atom is -0.493 e. The lowest BCUT2D eigenvalue weighted by molar-refractivity contribution is -0.122. The van der Waals surface area contributed by atoms with E-state index >= 15 is 0 Å². The molecule has 0 aliphatic heterocycles. The van der Waals surface area contributed by atoms with Gasteiger partial charge in [0.25, 0.3) is 0 Å². The van der Waals surface area contributed by atoms with Gasteiger partial charge in [0.2, 0.25) is 11.8 Å². The molecule has 2 rings (SSSR count). The van der Waals surface area contributed by atoms with Crippen LogP contribution < -0.4 is 20.1 Å². The molecule has 134 valence electrons. The average Bonchev–Trinajstić information content (AvgIpc) is 3.47. The predicted octanol–water partition coefficient (Wildman–Crippen LogP) is 1.92. The fourth-order valence-electron chi connectivity index (χ4n) is 2.15. The molecule has 0 spiro atoms. The molecule has 0 unspecified atom stereocenters. The molecule has 1 aliphatic rings. The number of methoxy groups -OCH3 is 1. The Morgan fingerprint density at radius 2 is 2.00 bits per heavy atom. The Labute approximate surface area is 147 Å². The smallest absolute Gasteiger partial charge is 0.244 e. The third-order valence-electron chi connectivity index (χ3n) is 3.64. The first-order valence-electron chi connectivity index (χ1n) is 8.29. The summed E-state index contributed by atoms with van der Waals surface area (Å²) in [6.45, 7) is 4.84. The second kappa shape index (κ2) is 9.52. The molecule has 1 aromatic carbocycles. The van der Waals surface area contributed by atoms with Crippen LogP contribution in [0.3, 0.4) is 0 Å². The van der Waals surface area contributed by atoms with Crippen molar-refractivity contribution in [3.8, 4) is 11.5 Å². The van der Waals surface area contributed by atoms with Gasteiger partial charge in [0.05, 0.1) is 7.11 Å². The zero-order valence-corrected chi connectivity index (χ0v) is 14.4. The molecule has 1 aromatic rings. The van der Waals surface area contributed by atoms with E-state index < -0.39 is 0 Å². The Balaban J connectivity index is 1.78. The third-order valence-corrected chi connectivity index (χ3v) is 3.64. The third kappa shape index (κ3) is 6.33. The van der Waals surface area contributed by atoms with E-state index in [-0.39, 0.29) is 17.7 Å². The second-order valence-electron chi connectivity index (χ2n) is 5.70. The molecule has 0 heterocycles. The van der Waals surface area contributed by atoms with Crippen molar-refractivity contribution in [1.82, 2.24) is 10.6 Å². The van der Waals surface area contributed by atoms with Crippen molar-refractivity contribution in [3.63, 3.8) is 0 Å². The van der Waals surface area contributed by atoms with Crippen molar-refractivity contribution in [2.45, 2.75) is 12.8 Å². The van der Waals surface area contributed by atoms with Gasteiger partial charge in [-0.05, 0) is 36.6 Å². The van der Waals surface area contributed by atoms with Crippen molar-refractivity contribution in [3.05, 3.63) is 42.5 Å². The first-order valence-corrected chi connectivity index (χ1v) is 8.29. The maximum absolute atomic E-state index is 11.8. The lowest BCUT2D eigenvalue weighted by Crippen LogP contribution is -2.34. The van der Waals surface area contributed by atoms with Crippen molar-refractivity contribution in [1.29, 1.82) is 0 Å². The molecule has 0 aromatic heterocycles. The Morgan fingerprint density at radius 3 is 2.68 bits per heavy atom. The molecular weight excluding hydrogens is 320 g/mol. The molecule has 1 fully saturated rings. The second-order valence-corrected chi connectivity index (χ2v) is 5.70. The number of ether oxygens (including phenoxy) is 2. The van der Waals surface area contributed by atoms with E-state index in [0.29, 0.717) is 31.2 Å². The lowest BCUT2D eigenvalue weighted by Gasteiger charge is -2.09. The summed E-state index contributed by atoms with van der Waals surface area (Å²) in [7, 11) is 1.56. The quantitative estimate of drug-likeness (QED) is 0.386. The largest absolute Gasteiger partial charge is 0.493 e. The van der Waals surface area contributed by atoms with E-state index in [1.807, 2.05) is 6.07 Å². The minimum atomic E-state index is -0.216. The lowest BCUT2D eigenvalue weighted by atomic mass is 10.2. The zero-order chi connectivity index (χ0) is 18.1. The summed E-state index contributed by atoms with van der Waals surface area (Å²) in [6.07, 6.45) is 6.74. The first kappa shape index (κ1) is 18.6. The summed E-state index contributed by atoms with van der Waals surface area (Å²) in [5.74, 6) is 1.26. The summed E-state index contributed by atoms with van der Waals surface area (Å²) >= 11 is 0. The van der Waals surface area contributed by atoms with Crippen LogP contribution in [0, 0.1) is 5.92 Å². The molecule has 2 amide bonds. The average molecular weight is 344 g/mol. The van der Waals surface area contributed by atoms with Crippen LogP contribution in [0.25, 0.3) is 6.08 Å². The summed E-state index contributed by atoms with van der Waals surface area (Å²) in [6, 6.07) is 5.41. The van der Waals surface area contributed by atoms with E-state index in [9.17, 15) is 9.59 Å². The number of carbonyl (C=O) groups is 2.